The number of nitrogens with one attached hydrogen (secondary N) is 2. The van der Waals surface area contributed by atoms with Gasteiger partial charge in [-0.15, -0.1) is 0 Å². The maximum absolute atomic E-state index is 5.90. The van der Waals surface area contributed by atoms with Crippen LogP contribution in [0.5, 0.6) is 0 Å². The van der Waals surface area contributed by atoms with Crippen molar-refractivity contribution in [3.05, 3.63) is 18.2 Å². The van der Waals surface area contributed by atoms with Crippen LogP contribution in [0.2, 0.25) is 0 Å². The van der Waals surface area contributed by atoms with E-state index in [0.717, 1.165) is 18.7 Å². The number of anilines is 1. The lowest BCUT2D eigenvalue weighted by molar-refractivity contribution is 0.860. The molecule has 0 saturated heterocycles. The second-order valence-corrected chi connectivity index (χ2v) is 4.00. The summed E-state index contributed by atoms with van der Waals surface area (Å²) in [5.41, 5.74) is 7.17. The summed E-state index contributed by atoms with van der Waals surface area (Å²) in [4.78, 5) is 23.2. The van der Waals surface area contributed by atoms with Crippen molar-refractivity contribution in [1.82, 2.24) is 29.9 Å². The molecular formula is C11H13N7. The molecule has 3 heterocycles. The van der Waals surface area contributed by atoms with E-state index in [0.29, 0.717) is 28.6 Å². The molecule has 7 nitrogen and oxygen atoms in total. The Hall–Kier alpha value is -2.44. The van der Waals surface area contributed by atoms with Crippen LogP contribution in [0.4, 0.5) is 5.82 Å². The number of hydrogen-bond acceptors (Lipinski definition) is 5. The van der Waals surface area contributed by atoms with Crippen molar-refractivity contribution in [1.29, 1.82) is 0 Å². The van der Waals surface area contributed by atoms with Gasteiger partial charge in [-0.1, -0.05) is 6.92 Å². The Kier molecular flexibility index (Phi) is 2.44. The highest BCUT2D eigenvalue weighted by Gasteiger charge is 2.12. The van der Waals surface area contributed by atoms with E-state index in [-0.39, 0.29) is 0 Å². The van der Waals surface area contributed by atoms with Crippen molar-refractivity contribution in [2.75, 3.05) is 5.73 Å². The molecule has 7 heteroatoms. The highest BCUT2D eigenvalue weighted by Crippen LogP contribution is 2.19. The standard InChI is InChI=1S/C11H13N7/c1-2-3-6-15-7-8(12)17-11(18-9(7)16-6)10-13-4-5-14-10/h4-5H,2-3H2,1H3,(H,13,14)(H3,12,15,16,17,18). The molecule has 0 atom stereocenters. The molecule has 0 spiro atoms. The topological polar surface area (TPSA) is 109 Å². The van der Waals surface area contributed by atoms with E-state index < -0.39 is 0 Å². The number of aryl methyl sites for hydroxylation is 1. The maximum Gasteiger partial charge on any atom is 0.199 e. The molecule has 3 aromatic heterocycles. The minimum atomic E-state index is 0.366. The third-order valence-electron chi connectivity index (χ3n) is 2.62. The summed E-state index contributed by atoms with van der Waals surface area (Å²) >= 11 is 0. The van der Waals surface area contributed by atoms with Crippen LogP contribution in [0.3, 0.4) is 0 Å². The van der Waals surface area contributed by atoms with Crippen molar-refractivity contribution in [3.63, 3.8) is 0 Å². The normalized spacial score (nSPS) is 11.2. The van der Waals surface area contributed by atoms with Gasteiger partial charge in [-0.3, -0.25) is 0 Å². The van der Waals surface area contributed by atoms with E-state index in [1.807, 2.05) is 0 Å². The molecule has 3 rings (SSSR count). The summed E-state index contributed by atoms with van der Waals surface area (Å²) in [5.74, 6) is 2.31. The fourth-order valence-electron chi connectivity index (χ4n) is 1.82. The van der Waals surface area contributed by atoms with Crippen LogP contribution in [0.1, 0.15) is 19.2 Å². The molecule has 0 saturated carbocycles. The third-order valence-corrected chi connectivity index (χ3v) is 2.62. The molecule has 0 amide bonds. The molecular weight excluding hydrogens is 230 g/mol. The van der Waals surface area contributed by atoms with E-state index in [4.69, 9.17) is 5.73 Å². The first-order valence-corrected chi connectivity index (χ1v) is 5.79. The molecule has 0 aliphatic heterocycles. The summed E-state index contributed by atoms with van der Waals surface area (Å²) in [5, 5.41) is 0. The summed E-state index contributed by atoms with van der Waals surface area (Å²) in [6.07, 6.45) is 5.24. The van der Waals surface area contributed by atoms with Crippen LogP contribution in [0.25, 0.3) is 22.8 Å². The summed E-state index contributed by atoms with van der Waals surface area (Å²) < 4.78 is 0. The quantitative estimate of drug-likeness (QED) is 0.642. The number of nitrogens with two attached hydrogens (primary N) is 1. The molecule has 3 aromatic rings. The van der Waals surface area contributed by atoms with Crippen LogP contribution in [-0.4, -0.2) is 29.9 Å². The van der Waals surface area contributed by atoms with Crippen molar-refractivity contribution >= 4 is 17.0 Å². The number of fused-ring (bicyclic) bond motifs is 1. The maximum atomic E-state index is 5.90. The SMILES string of the molecule is CCCc1nc2c(N)nc(-c3ncc[nH]3)nc2[nH]1. The zero-order valence-electron chi connectivity index (χ0n) is 9.94. The zero-order valence-corrected chi connectivity index (χ0v) is 9.94. The predicted molar refractivity (Wildman–Crippen MR) is 67.7 cm³/mol. The van der Waals surface area contributed by atoms with E-state index in [1.165, 1.54) is 0 Å². The molecule has 4 N–H and O–H groups in total. The largest absolute Gasteiger partial charge is 0.382 e. The van der Waals surface area contributed by atoms with Crippen LogP contribution in [0.15, 0.2) is 12.4 Å². The van der Waals surface area contributed by atoms with Gasteiger partial charge in [-0.2, -0.15) is 0 Å². The van der Waals surface area contributed by atoms with Crippen LogP contribution < -0.4 is 5.73 Å². The Morgan fingerprint density at radius 1 is 1.28 bits per heavy atom. The summed E-state index contributed by atoms with van der Waals surface area (Å²) in [7, 11) is 0. The second-order valence-electron chi connectivity index (χ2n) is 4.00. The van der Waals surface area contributed by atoms with Crippen molar-refractivity contribution in [2.45, 2.75) is 19.8 Å². The van der Waals surface area contributed by atoms with E-state index in [9.17, 15) is 0 Å². The van der Waals surface area contributed by atoms with Gasteiger partial charge in [0.25, 0.3) is 0 Å². The van der Waals surface area contributed by atoms with Gasteiger partial charge in [0.15, 0.2) is 23.1 Å². The van der Waals surface area contributed by atoms with Gasteiger partial charge in [0.1, 0.15) is 11.3 Å². The number of hydrogen-bond donors (Lipinski definition) is 3. The van der Waals surface area contributed by atoms with Gasteiger partial charge >= 0.3 is 0 Å². The molecule has 0 aromatic carbocycles. The van der Waals surface area contributed by atoms with Crippen LogP contribution >= 0.6 is 0 Å². The highest BCUT2D eigenvalue weighted by atomic mass is 15.1. The first-order valence-electron chi connectivity index (χ1n) is 5.79. The highest BCUT2D eigenvalue weighted by molar-refractivity contribution is 5.83. The minimum absolute atomic E-state index is 0.366. The average Bonchev–Trinajstić information content (AvgIpc) is 2.97. The molecule has 0 radical (unpaired) electrons. The van der Waals surface area contributed by atoms with Crippen LogP contribution in [-0.2, 0) is 6.42 Å². The number of nitrogens with zero attached hydrogens (tertiary/aromatic N) is 4. The Balaban J connectivity index is 2.14. The Bertz CT molecular complexity index is 668. The number of rotatable bonds is 3. The molecule has 0 unspecified atom stereocenters. The molecule has 0 fully saturated rings. The van der Waals surface area contributed by atoms with Gasteiger partial charge in [-0.25, -0.2) is 19.9 Å². The van der Waals surface area contributed by atoms with E-state index in [1.54, 1.807) is 12.4 Å². The fourth-order valence-corrected chi connectivity index (χ4v) is 1.82. The molecule has 0 aliphatic rings. The Labute approximate surface area is 103 Å². The third kappa shape index (κ3) is 1.69. The van der Waals surface area contributed by atoms with Gasteiger partial charge in [0.05, 0.1) is 0 Å². The lowest BCUT2D eigenvalue weighted by atomic mass is 10.3. The lowest BCUT2D eigenvalue weighted by Gasteiger charge is -1.97. The number of aromatic nitrogens is 6. The monoisotopic (exact) mass is 243 g/mol. The second kappa shape index (κ2) is 4.10. The fraction of sp³-hybridized carbons (Fsp3) is 0.273. The zero-order chi connectivity index (χ0) is 12.5. The number of aromatic amines is 2. The first-order chi connectivity index (χ1) is 8.78. The average molecular weight is 243 g/mol. The first kappa shape index (κ1) is 10.7. The number of nitrogen functional groups attached to an aromatic ring is 1. The molecule has 0 aliphatic carbocycles. The predicted octanol–water partition coefficient (Wildman–Crippen LogP) is 1.28. The van der Waals surface area contributed by atoms with Crippen molar-refractivity contribution in [3.8, 4) is 11.6 Å². The van der Waals surface area contributed by atoms with E-state index >= 15 is 0 Å². The number of imidazole rings is 2. The Morgan fingerprint density at radius 2 is 2.17 bits per heavy atom. The van der Waals surface area contributed by atoms with Gasteiger partial charge in [0.2, 0.25) is 0 Å². The van der Waals surface area contributed by atoms with Crippen molar-refractivity contribution < 1.29 is 0 Å². The number of H-pyrrole nitrogens is 2. The summed E-state index contributed by atoms with van der Waals surface area (Å²) in [6.45, 7) is 2.09. The molecule has 0 bridgehead atoms. The minimum Gasteiger partial charge on any atom is -0.382 e. The Morgan fingerprint density at radius 3 is 2.89 bits per heavy atom. The summed E-state index contributed by atoms with van der Waals surface area (Å²) in [6, 6.07) is 0. The smallest absolute Gasteiger partial charge is 0.199 e. The van der Waals surface area contributed by atoms with Crippen LogP contribution in [0, 0.1) is 0 Å². The lowest BCUT2D eigenvalue weighted by Crippen LogP contribution is -1.98. The molecule has 92 valence electrons. The van der Waals surface area contributed by atoms with E-state index in [2.05, 4.69) is 36.8 Å². The van der Waals surface area contributed by atoms with Gasteiger partial charge in [0, 0.05) is 18.8 Å². The van der Waals surface area contributed by atoms with Gasteiger partial charge < -0.3 is 15.7 Å². The van der Waals surface area contributed by atoms with Crippen molar-refractivity contribution in [2.24, 2.45) is 0 Å². The van der Waals surface area contributed by atoms with Gasteiger partial charge in [-0.05, 0) is 6.42 Å². The molecule has 18 heavy (non-hydrogen) atoms.